The van der Waals surface area contributed by atoms with E-state index in [4.69, 9.17) is 9.47 Å². The molecule has 0 amide bonds. The standard InChI is InChI=1S/C12H18FNO2/c1-14(7-9-15-2)8-10-16-12-6-4-3-5-11(12)13/h3-6H,7-10H2,1-2H3. The van der Waals surface area contributed by atoms with Crippen LogP contribution in [-0.4, -0.2) is 45.4 Å². The first-order valence-electron chi connectivity index (χ1n) is 5.29. The Morgan fingerprint density at radius 1 is 1.19 bits per heavy atom. The van der Waals surface area contributed by atoms with E-state index >= 15 is 0 Å². The van der Waals surface area contributed by atoms with Crippen molar-refractivity contribution in [1.82, 2.24) is 4.90 Å². The largest absolute Gasteiger partial charge is 0.489 e. The van der Waals surface area contributed by atoms with Gasteiger partial charge in [-0.15, -0.1) is 0 Å². The highest BCUT2D eigenvalue weighted by Gasteiger charge is 2.02. The van der Waals surface area contributed by atoms with Crippen molar-refractivity contribution in [1.29, 1.82) is 0 Å². The molecule has 0 spiro atoms. The van der Waals surface area contributed by atoms with Crippen molar-refractivity contribution < 1.29 is 13.9 Å². The zero-order valence-corrected chi connectivity index (χ0v) is 9.78. The summed E-state index contributed by atoms with van der Waals surface area (Å²) in [6, 6.07) is 6.43. The Hall–Kier alpha value is -1.13. The van der Waals surface area contributed by atoms with Crippen LogP contribution < -0.4 is 4.74 Å². The molecule has 0 fully saturated rings. The highest BCUT2D eigenvalue weighted by molar-refractivity contribution is 5.23. The maximum Gasteiger partial charge on any atom is 0.165 e. The van der Waals surface area contributed by atoms with Gasteiger partial charge in [-0.3, -0.25) is 0 Å². The van der Waals surface area contributed by atoms with Crippen molar-refractivity contribution in [3.05, 3.63) is 30.1 Å². The van der Waals surface area contributed by atoms with Crippen LogP contribution in [0.2, 0.25) is 0 Å². The molecule has 0 bridgehead atoms. The van der Waals surface area contributed by atoms with Gasteiger partial charge < -0.3 is 14.4 Å². The Balaban J connectivity index is 2.23. The molecular weight excluding hydrogens is 209 g/mol. The van der Waals surface area contributed by atoms with Crippen molar-refractivity contribution in [2.24, 2.45) is 0 Å². The molecule has 0 heterocycles. The summed E-state index contributed by atoms with van der Waals surface area (Å²) in [6.07, 6.45) is 0. The smallest absolute Gasteiger partial charge is 0.165 e. The number of halogens is 1. The molecule has 0 radical (unpaired) electrons. The van der Waals surface area contributed by atoms with Crippen LogP contribution in [-0.2, 0) is 4.74 Å². The van der Waals surface area contributed by atoms with Gasteiger partial charge in [0.1, 0.15) is 6.61 Å². The molecule has 1 rings (SSSR count). The Kier molecular flexibility index (Phi) is 5.82. The fourth-order valence-electron chi connectivity index (χ4n) is 1.23. The van der Waals surface area contributed by atoms with Crippen molar-refractivity contribution in [3.63, 3.8) is 0 Å². The third kappa shape index (κ3) is 4.59. The zero-order chi connectivity index (χ0) is 11.8. The number of rotatable bonds is 7. The minimum Gasteiger partial charge on any atom is -0.489 e. The van der Waals surface area contributed by atoms with E-state index < -0.39 is 0 Å². The summed E-state index contributed by atoms with van der Waals surface area (Å²) in [5, 5.41) is 0. The number of para-hydroxylation sites is 1. The van der Waals surface area contributed by atoms with Crippen LogP contribution in [0.4, 0.5) is 4.39 Å². The average molecular weight is 227 g/mol. The molecule has 90 valence electrons. The molecule has 0 aliphatic carbocycles. The van der Waals surface area contributed by atoms with Gasteiger partial charge in [-0.05, 0) is 19.2 Å². The summed E-state index contributed by atoms with van der Waals surface area (Å²) in [5.41, 5.74) is 0. The van der Waals surface area contributed by atoms with Gasteiger partial charge in [0.05, 0.1) is 6.61 Å². The minimum absolute atomic E-state index is 0.308. The molecule has 4 heteroatoms. The SMILES string of the molecule is COCCN(C)CCOc1ccccc1F. The second-order valence-electron chi connectivity index (χ2n) is 3.57. The number of nitrogens with zero attached hydrogens (tertiary/aromatic N) is 1. The fourth-order valence-corrected chi connectivity index (χ4v) is 1.23. The van der Waals surface area contributed by atoms with Gasteiger partial charge in [-0.2, -0.15) is 0 Å². The molecule has 0 aromatic heterocycles. The number of benzene rings is 1. The van der Waals surface area contributed by atoms with E-state index in [1.165, 1.54) is 6.07 Å². The van der Waals surface area contributed by atoms with Gasteiger partial charge in [0.25, 0.3) is 0 Å². The van der Waals surface area contributed by atoms with Gasteiger partial charge in [0.2, 0.25) is 0 Å². The van der Waals surface area contributed by atoms with Crippen LogP contribution in [0.5, 0.6) is 5.75 Å². The Morgan fingerprint density at radius 2 is 1.88 bits per heavy atom. The lowest BCUT2D eigenvalue weighted by Crippen LogP contribution is -2.27. The lowest BCUT2D eigenvalue weighted by molar-refractivity contribution is 0.149. The third-order valence-corrected chi connectivity index (χ3v) is 2.24. The lowest BCUT2D eigenvalue weighted by Gasteiger charge is -2.16. The van der Waals surface area contributed by atoms with Gasteiger partial charge in [0, 0.05) is 20.2 Å². The number of hydrogen-bond acceptors (Lipinski definition) is 3. The van der Waals surface area contributed by atoms with Crippen molar-refractivity contribution in [2.45, 2.75) is 0 Å². The van der Waals surface area contributed by atoms with Crippen LogP contribution in [0.25, 0.3) is 0 Å². The molecule has 0 atom stereocenters. The molecule has 0 aliphatic heterocycles. The summed E-state index contributed by atoms with van der Waals surface area (Å²) >= 11 is 0. The fraction of sp³-hybridized carbons (Fsp3) is 0.500. The quantitative estimate of drug-likeness (QED) is 0.708. The zero-order valence-electron chi connectivity index (χ0n) is 9.78. The Bertz CT molecular complexity index is 307. The van der Waals surface area contributed by atoms with E-state index in [9.17, 15) is 4.39 Å². The lowest BCUT2D eigenvalue weighted by atomic mass is 10.3. The van der Waals surface area contributed by atoms with E-state index in [1.54, 1.807) is 25.3 Å². The highest BCUT2D eigenvalue weighted by Crippen LogP contribution is 2.14. The van der Waals surface area contributed by atoms with Crippen molar-refractivity contribution >= 4 is 0 Å². The third-order valence-electron chi connectivity index (χ3n) is 2.24. The molecule has 0 saturated carbocycles. The first-order chi connectivity index (χ1) is 7.74. The number of likely N-dealkylation sites (N-methyl/N-ethyl adjacent to an activating group) is 1. The summed E-state index contributed by atoms with van der Waals surface area (Å²) in [5.74, 6) is -0.00955. The first kappa shape index (κ1) is 12.9. The van der Waals surface area contributed by atoms with Crippen LogP contribution >= 0.6 is 0 Å². The van der Waals surface area contributed by atoms with E-state index in [-0.39, 0.29) is 5.82 Å². The molecule has 16 heavy (non-hydrogen) atoms. The predicted molar refractivity (Wildman–Crippen MR) is 61.3 cm³/mol. The maximum absolute atomic E-state index is 13.2. The van der Waals surface area contributed by atoms with Crippen molar-refractivity contribution in [3.8, 4) is 5.75 Å². The molecule has 3 nitrogen and oxygen atoms in total. The second kappa shape index (κ2) is 7.19. The summed E-state index contributed by atoms with van der Waals surface area (Å²) in [7, 11) is 3.65. The summed E-state index contributed by atoms with van der Waals surface area (Å²) < 4.78 is 23.4. The first-order valence-corrected chi connectivity index (χ1v) is 5.29. The summed E-state index contributed by atoms with van der Waals surface area (Å²) in [4.78, 5) is 2.07. The molecule has 0 unspecified atom stereocenters. The van der Waals surface area contributed by atoms with Crippen LogP contribution in [0.1, 0.15) is 0 Å². The molecule has 1 aromatic rings. The van der Waals surface area contributed by atoms with Crippen LogP contribution in [0, 0.1) is 5.82 Å². The van der Waals surface area contributed by atoms with E-state index in [0.717, 1.165) is 13.1 Å². The Labute approximate surface area is 95.8 Å². The van der Waals surface area contributed by atoms with Gasteiger partial charge >= 0.3 is 0 Å². The van der Waals surface area contributed by atoms with Crippen LogP contribution in [0.15, 0.2) is 24.3 Å². The number of hydrogen-bond donors (Lipinski definition) is 0. The topological polar surface area (TPSA) is 21.7 Å². The van der Waals surface area contributed by atoms with Crippen LogP contribution in [0.3, 0.4) is 0 Å². The monoisotopic (exact) mass is 227 g/mol. The second-order valence-corrected chi connectivity index (χ2v) is 3.57. The molecule has 0 N–H and O–H groups in total. The molecule has 0 saturated heterocycles. The summed E-state index contributed by atoms with van der Waals surface area (Å²) in [6.45, 7) is 2.76. The molecular formula is C12H18FNO2. The number of methoxy groups -OCH3 is 1. The highest BCUT2D eigenvalue weighted by atomic mass is 19.1. The minimum atomic E-state index is -0.318. The van der Waals surface area contributed by atoms with Gasteiger partial charge in [-0.1, -0.05) is 12.1 Å². The molecule has 0 aliphatic rings. The Morgan fingerprint density at radius 3 is 2.56 bits per heavy atom. The van der Waals surface area contributed by atoms with E-state index in [0.29, 0.717) is 19.0 Å². The average Bonchev–Trinajstić information content (AvgIpc) is 2.29. The van der Waals surface area contributed by atoms with Crippen molar-refractivity contribution in [2.75, 3.05) is 40.5 Å². The van der Waals surface area contributed by atoms with Gasteiger partial charge in [-0.25, -0.2) is 4.39 Å². The van der Waals surface area contributed by atoms with E-state index in [1.807, 2.05) is 7.05 Å². The molecule has 1 aromatic carbocycles. The number of ether oxygens (including phenoxy) is 2. The van der Waals surface area contributed by atoms with E-state index in [2.05, 4.69) is 4.90 Å². The normalized spacial score (nSPS) is 10.8. The maximum atomic E-state index is 13.2. The van der Waals surface area contributed by atoms with Gasteiger partial charge in [0.15, 0.2) is 11.6 Å². The predicted octanol–water partition coefficient (Wildman–Crippen LogP) is 1.78.